The minimum atomic E-state index is -0.647. The molecule has 5 heteroatoms. The van der Waals surface area contributed by atoms with E-state index in [2.05, 4.69) is 12.2 Å². The highest BCUT2D eigenvalue weighted by Crippen LogP contribution is 2.28. The maximum atomic E-state index is 10.4. The molecule has 1 aromatic carbocycles. The SMILES string of the molecule is CCCOc1cc(CNCC2(O)CCOCC2)ccc1OC. The van der Waals surface area contributed by atoms with Gasteiger partial charge in [0.25, 0.3) is 0 Å². The Kier molecular flexibility index (Phi) is 6.49. The molecule has 0 radical (unpaired) electrons. The van der Waals surface area contributed by atoms with Gasteiger partial charge >= 0.3 is 0 Å². The van der Waals surface area contributed by atoms with Crippen molar-refractivity contribution < 1.29 is 19.3 Å². The number of hydrogen-bond donors (Lipinski definition) is 2. The zero-order chi connectivity index (χ0) is 15.8. The summed E-state index contributed by atoms with van der Waals surface area (Å²) in [4.78, 5) is 0. The van der Waals surface area contributed by atoms with Crippen LogP contribution in [0.25, 0.3) is 0 Å². The third-order valence-corrected chi connectivity index (χ3v) is 3.90. The molecule has 1 heterocycles. The lowest BCUT2D eigenvalue weighted by molar-refractivity contribution is -0.0617. The van der Waals surface area contributed by atoms with Gasteiger partial charge in [-0.05, 0) is 24.1 Å². The highest BCUT2D eigenvalue weighted by molar-refractivity contribution is 5.42. The smallest absolute Gasteiger partial charge is 0.161 e. The summed E-state index contributed by atoms with van der Waals surface area (Å²) in [6.45, 7) is 5.29. The van der Waals surface area contributed by atoms with Gasteiger partial charge in [0.1, 0.15) is 0 Å². The standard InChI is InChI=1S/C17H27NO4/c1-3-8-22-16-11-14(4-5-15(16)20-2)12-18-13-17(19)6-9-21-10-7-17/h4-5,11,18-19H,3,6-10,12-13H2,1-2H3. The Morgan fingerprint density at radius 2 is 2.05 bits per heavy atom. The topological polar surface area (TPSA) is 60.0 Å². The van der Waals surface area contributed by atoms with Gasteiger partial charge < -0.3 is 24.6 Å². The highest BCUT2D eigenvalue weighted by atomic mass is 16.5. The van der Waals surface area contributed by atoms with E-state index in [0.29, 0.717) is 45.8 Å². The van der Waals surface area contributed by atoms with Crippen molar-refractivity contribution in [2.24, 2.45) is 0 Å². The van der Waals surface area contributed by atoms with E-state index in [9.17, 15) is 5.11 Å². The maximum absolute atomic E-state index is 10.4. The van der Waals surface area contributed by atoms with Crippen LogP contribution in [0.5, 0.6) is 11.5 Å². The van der Waals surface area contributed by atoms with Crippen molar-refractivity contribution in [1.29, 1.82) is 0 Å². The molecule has 0 saturated carbocycles. The normalized spacial score (nSPS) is 17.2. The molecule has 1 saturated heterocycles. The Hall–Kier alpha value is -1.30. The van der Waals surface area contributed by atoms with E-state index in [0.717, 1.165) is 23.5 Å². The maximum Gasteiger partial charge on any atom is 0.161 e. The lowest BCUT2D eigenvalue weighted by atomic mass is 9.94. The first-order chi connectivity index (χ1) is 10.7. The van der Waals surface area contributed by atoms with Crippen molar-refractivity contribution >= 4 is 0 Å². The second kappa shape index (κ2) is 8.36. The first-order valence-electron chi connectivity index (χ1n) is 7.97. The molecule has 0 aliphatic carbocycles. The summed E-state index contributed by atoms with van der Waals surface area (Å²) in [5, 5.41) is 13.7. The van der Waals surface area contributed by atoms with E-state index in [1.807, 2.05) is 18.2 Å². The Morgan fingerprint density at radius 3 is 2.73 bits per heavy atom. The van der Waals surface area contributed by atoms with Crippen LogP contribution in [0.1, 0.15) is 31.7 Å². The van der Waals surface area contributed by atoms with E-state index in [1.165, 1.54) is 0 Å². The molecule has 2 rings (SSSR count). The molecule has 5 nitrogen and oxygen atoms in total. The van der Waals surface area contributed by atoms with Crippen molar-refractivity contribution in [2.75, 3.05) is 33.5 Å². The highest BCUT2D eigenvalue weighted by Gasteiger charge is 2.29. The van der Waals surface area contributed by atoms with Crippen LogP contribution in [-0.4, -0.2) is 44.2 Å². The van der Waals surface area contributed by atoms with Crippen LogP contribution in [0.4, 0.5) is 0 Å². The van der Waals surface area contributed by atoms with Gasteiger partial charge in [-0.2, -0.15) is 0 Å². The van der Waals surface area contributed by atoms with E-state index < -0.39 is 5.60 Å². The van der Waals surface area contributed by atoms with Crippen molar-refractivity contribution in [3.63, 3.8) is 0 Å². The Balaban J connectivity index is 1.89. The number of methoxy groups -OCH3 is 1. The minimum absolute atomic E-state index is 0.577. The average Bonchev–Trinajstić information content (AvgIpc) is 2.53. The summed E-state index contributed by atoms with van der Waals surface area (Å²) in [6, 6.07) is 5.93. The summed E-state index contributed by atoms with van der Waals surface area (Å²) in [7, 11) is 1.65. The molecule has 0 aromatic heterocycles. The predicted molar refractivity (Wildman–Crippen MR) is 85.5 cm³/mol. The predicted octanol–water partition coefficient (Wildman–Crippen LogP) is 2.12. The average molecular weight is 309 g/mol. The van der Waals surface area contributed by atoms with Gasteiger partial charge in [0.15, 0.2) is 11.5 Å². The van der Waals surface area contributed by atoms with Crippen LogP contribution in [0.3, 0.4) is 0 Å². The molecule has 1 fully saturated rings. The van der Waals surface area contributed by atoms with Gasteiger partial charge in [0, 0.05) is 39.1 Å². The number of nitrogens with one attached hydrogen (secondary N) is 1. The summed E-state index contributed by atoms with van der Waals surface area (Å²) in [5.41, 5.74) is 0.467. The van der Waals surface area contributed by atoms with E-state index in [4.69, 9.17) is 14.2 Å². The fourth-order valence-electron chi connectivity index (χ4n) is 2.52. The van der Waals surface area contributed by atoms with Crippen molar-refractivity contribution in [3.05, 3.63) is 23.8 Å². The molecule has 1 aromatic rings. The second-order valence-electron chi connectivity index (χ2n) is 5.77. The van der Waals surface area contributed by atoms with E-state index in [1.54, 1.807) is 7.11 Å². The van der Waals surface area contributed by atoms with Crippen LogP contribution in [0.2, 0.25) is 0 Å². The van der Waals surface area contributed by atoms with Crippen molar-refractivity contribution in [3.8, 4) is 11.5 Å². The molecule has 0 spiro atoms. The summed E-state index contributed by atoms with van der Waals surface area (Å²) >= 11 is 0. The van der Waals surface area contributed by atoms with Crippen LogP contribution >= 0.6 is 0 Å². The molecule has 22 heavy (non-hydrogen) atoms. The van der Waals surface area contributed by atoms with Gasteiger partial charge in [-0.25, -0.2) is 0 Å². The Bertz CT molecular complexity index is 458. The van der Waals surface area contributed by atoms with Gasteiger partial charge in [-0.15, -0.1) is 0 Å². The third-order valence-electron chi connectivity index (χ3n) is 3.90. The molecule has 124 valence electrons. The van der Waals surface area contributed by atoms with E-state index >= 15 is 0 Å². The summed E-state index contributed by atoms with van der Waals surface area (Å²) in [5.74, 6) is 1.52. The van der Waals surface area contributed by atoms with Crippen LogP contribution < -0.4 is 14.8 Å². The molecule has 0 unspecified atom stereocenters. The third kappa shape index (κ3) is 4.87. The first-order valence-corrected chi connectivity index (χ1v) is 7.97. The molecular formula is C17H27NO4. The van der Waals surface area contributed by atoms with Crippen molar-refractivity contribution in [2.45, 2.75) is 38.3 Å². The molecule has 0 bridgehead atoms. The van der Waals surface area contributed by atoms with Crippen LogP contribution in [0.15, 0.2) is 18.2 Å². The molecule has 2 N–H and O–H groups in total. The quantitative estimate of drug-likeness (QED) is 0.770. The van der Waals surface area contributed by atoms with Gasteiger partial charge in [-0.1, -0.05) is 13.0 Å². The van der Waals surface area contributed by atoms with Gasteiger partial charge in [0.05, 0.1) is 19.3 Å². The number of rotatable bonds is 8. The Labute approximate surface area is 132 Å². The van der Waals surface area contributed by atoms with E-state index in [-0.39, 0.29) is 0 Å². The van der Waals surface area contributed by atoms with Crippen molar-refractivity contribution in [1.82, 2.24) is 5.32 Å². The lowest BCUT2D eigenvalue weighted by Gasteiger charge is -2.32. The largest absolute Gasteiger partial charge is 0.493 e. The molecule has 0 amide bonds. The molecule has 1 aliphatic heterocycles. The lowest BCUT2D eigenvalue weighted by Crippen LogP contribution is -2.44. The number of ether oxygens (including phenoxy) is 3. The van der Waals surface area contributed by atoms with Gasteiger partial charge in [-0.3, -0.25) is 0 Å². The molecule has 1 aliphatic rings. The van der Waals surface area contributed by atoms with Crippen LogP contribution in [-0.2, 0) is 11.3 Å². The first kappa shape index (κ1) is 17.1. The van der Waals surface area contributed by atoms with Crippen LogP contribution in [0, 0.1) is 0 Å². The molecular weight excluding hydrogens is 282 g/mol. The summed E-state index contributed by atoms with van der Waals surface area (Å²) in [6.07, 6.45) is 2.34. The summed E-state index contributed by atoms with van der Waals surface area (Å²) < 4.78 is 16.3. The zero-order valence-corrected chi connectivity index (χ0v) is 13.6. The fraction of sp³-hybridized carbons (Fsp3) is 0.647. The second-order valence-corrected chi connectivity index (χ2v) is 5.77. The Morgan fingerprint density at radius 1 is 1.27 bits per heavy atom. The minimum Gasteiger partial charge on any atom is -0.493 e. The fourth-order valence-corrected chi connectivity index (χ4v) is 2.52. The monoisotopic (exact) mass is 309 g/mol. The number of hydrogen-bond acceptors (Lipinski definition) is 5. The van der Waals surface area contributed by atoms with Gasteiger partial charge in [0.2, 0.25) is 0 Å². The zero-order valence-electron chi connectivity index (χ0n) is 13.6. The molecule has 0 atom stereocenters. The number of aliphatic hydroxyl groups is 1. The number of benzene rings is 1.